The van der Waals surface area contributed by atoms with Gasteiger partial charge >= 0.3 is 0 Å². The molecule has 5 heteroatoms. The minimum Gasteiger partial charge on any atom is -0.497 e. The number of likely N-dealkylation sites (N-methyl/N-ethyl adjacent to an activating group) is 1. The smallest absolute Gasteiger partial charge is 0.225 e. The zero-order chi connectivity index (χ0) is 14.7. The van der Waals surface area contributed by atoms with Gasteiger partial charge < -0.3 is 14.5 Å². The lowest BCUT2D eigenvalue weighted by molar-refractivity contribution is 0.311. The normalized spacial score (nSPS) is 16.0. The highest BCUT2D eigenvalue weighted by molar-refractivity contribution is 5.62. The molecule has 0 N–H and O–H groups in total. The molecule has 1 aromatic heterocycles. The van der Waals surface area contributed by atoms with Crippen molar-refractivity contribution in [1.82, 2.24) is 14.9 Å². The number of ether oxygens (including phenoxy) is 1. The van der Waals surface area contributed by atoms with Crippen LogP contribution < -0.4 is 9.64 Å². The van der Waals surface area contributed by atoms with Gasteiger partial charge in [-0.25, -0.2) is 9.97 Å². The summed E-state index contributed by atoms with van der Waals surface area (Å²) in [5.74, 6) is 1.68. The van der Waals surface area contributed by atoms with Crippen LogP contribution in [0.25, 0.3) is 11.1 Å². The molecule has 0 saturated carbocycles. The summed E-state index contributed by atoms with van der Waals surface area (Å²) in [4.78, 5) is 13.6. The zero-order valence-corrected chi connectivity index (χ0v) is 12.5. The standard InChI is InChI=1S/C16H20N4O/c1-19-7-9-20(10-8-19)16-17-11-14(12-18-16)13-3-5-15(21-2)6-4-13/h3-6,11-12H,7-10H2,1-2H3. The molecule has 0 spiro atoms. The van der Waals surface area contributed by atoms with Gasteiger partial charge in [0.15, 0.2) is 0 Å². The number of nitrogens with zero attached hydrogens (tertiary/aromatic N) is 4. The van der Waals surface area contributed by atoms with Gasteiger partial charge in [0.2, 0.25) is 5.95 Å². The summed E-state index contributed by atoms with van der Waals surface area (Å²) < 4.78 is 5.17. The van der Waals surface area contributed by atoms with Gasteiger partial charge in [-0.3, -0.25) is 0 Å². The van der Waals surface area contributed by atoms with Gasteiger partial charge in [-0.2, -0.15) is 0 Å². The maximum atomic E-state index is 5.17. The van der Waals surface area contributed by atoms with Crippen molar-refractivity contribution in [3.8, 4) is 16.9 Å². The lowest BCUT2D eigenvalue weighted by Gasteiger charge is -2.32. The van der Waals surface area contributed by atoms with E-state index in [0.29, 0.717) is 0 Å². The second kappa shape index (κ2) is 6.10. The minimum absolute atomic E-state index is 0.820. The average Bonchev–Trinajstić information content (AvgIpc) is 2.56. The molecule has 5 nitrogen and oxygen atoms in total. The first kappa shape index (κ1) is 13.8. The SMILES string of the molecule is COc1ccc(-c2cnc(N3CCN(C)CC3)nc2)cc1. The molecule has 1 saturated heterocycles. The van der Waals surface area contributed by atoms with E-state index in [-0.39, 0.29) is 0 Å². The summed E-state index contributed by atoms with van der Waals surface area (Å²) >= 11 is 0. The molecule has 0 unspecified atom stereocenters. The summed E-state index contributed by atoms with van der Waals surface area (Å²) in [5.41, 5.74) is 2.12. The van der Waals surface area contributed by atoms with E-state index < -0.39 is 0 Å². The molecule has 1 fully saturated rings. The molecule has 0 bridgehead atoms. The highest BCUT2D eigenvalue weighted by atomic mass is 16.5. The Hall–Kier alpha value is -2.14. The second-order valence-corrected chi connectivity index (χ2v) is 5.29. The van der Waals surface area contributed by atoms with Gasteiger partial charge in [0, 0.05) is 44.1 Å². The van der Waals surface area contributed by atoms with Crippen LogP contribution in [0.5, 0.6) is 5.75 Å². The van der Waals surface area contributed by atoms with Gasteiger partial charge in [0.05, 0.1) is 7.11 Å². The molecule has 3 rings (SSSR count). The third kappa shape index (κ3) is 3.13. The fraction of sp³-hybridized carbons (Fsp3) is 0.375. The first-order chi connectivity index (χ1) is 10.3. The number of aromatic nitrogens is 2. The van der Waals surface area contributed by atoms with E-state index >= 15 is 0 Å². The van der Waals surface area contributed by atoms with E-state index in [9.17, 15) is 0 Å². The maximum absolute atomic E-state index is 5.17. The summed E-state index contributed by atoms with van der Waals surface area (Å²) in [5, 5.41) is 0. The third-order valence-electron chi connectivity index (χ3n) is 3.85. The van der Waals surface area contributed by atoms with Crippen LogP contribution in [-0.2, 0) is 0 Å². The Bertz CT molecular complexity index is 574. The molecule has 1 aliphatic rings. The topological polar surface area (TPSA) is 41.5 Å². The molecule has 2 aromatic rings. The Kier molecular flexibility index (Phi) is 4.01. The number of methoxy groups -OCH3 is 1. The van der Waals surface area contributed by atoms with E-state index in [0.717, 1.165) is 49.0 Å². The summed E-state index contributed by atoms with van der Waals surface area (Å²) in [6, 6.07) is 7.94. The Morgan fingerprint density at radius 1 is 0.905 bits per heavy atom. The Labute approximate surface area is 125 Å². The lowest BCUT2D eigenvalue weighted by Crippen LogP contribution is -2.45. The summed E-state index contributed by atoms with van der Waals surface area (Å²) in [7, 11) is 3.81. The van der Waals surface area contributed by atoms with Gasteiger partial charge in [0.1, 0.15) is 5.75 Å². The molecule has 21 heavy (non-hydrogen) atoms. The van der Waals surface area contributed by atoms with Crippen molar-refractivity contribution in [3.63, 3.8) is 0 Å². The lowest BCUT2D eigenvalue weighted by atomic mass is 10.1. The molecule has 2 heterocycles. The van der Waals surface area contributed by atoms with Gasteiger partial charge in [-0.05, 0) is 24.7 Å². The number of hydrogen-bond donors (Lipinski definition) is 0. The highest BCUT2D eigenvalue weighted by Gasteiger charge is 2.16. The molecule has 0 radical (unpaired) electrons. The van der Waals surface area contributed by atoms with Crippen molar-refractivity contribution >= 4 is 5.95 Å². The van der Waals surface area contributed by atoms with Crippen molar-refractivity contribution in [2.75, 3.05) is 45.2 Å². The number of piperazine rings is 1. The predicted molar refractivity (Wildman–Crippen MR) is 83.7 cm³/mol. The van der Waals surface area contributed by atoms with E-state index in [4.69, 9.17) is 4.74 Å². The summed E-state index contributed by atoms with van der Waals surface area (Å²) in [6.45, 7) is 4.09. The van der Waals surface area contributed by atoms with Crippen LogP contribution >= 0.6 is 0 Å². The average molecular weight is 284 g/mol. The predicted octanol–water partition coefficient (Wildman–Crippen LogP) is 1.90. The molecular weight excluding hydrogens is 264 g/mol. The number of rotatable bonds is 3. The fourth-order valence-electron chi connectivity index (χ4n) is 2.42. The Morgan fingerprint density at radius 2 is 1.52 bits per heavy atom. The van der Waals surface area contributed by atoms with Crippen molar-refractivity contribution < 1.29 is 4.74 Å². The van der Waals surface area contributed by atoms with Crippen molar-refractivity contribution in [2.24, 2.45) is 0 Å². The van der Waals surface area contributed by atoms with Gasteiger partial charge in [0.25, 0.3) is 0 Å². The van der Waals surface area contributed by atoms with Gasteiger partial charge in [-0.15, -0.1) is 0 Å². The van der Waals surface area contributed by atoms with Crippen LogP contribution in [0.2, 0.25) is 0 Å². The van der Waals surface area contributed by atoms with Crippen LogP contribution in [0.4, 0.5) is 5.95 Å². The number of hydrogen-bond acceptors (Lipinski definition) is 5. The van der Waals surface area contributed by atoms with E-state index in [1.807, 2.05) is 36.7 Å². The maximum Gasteiger partial charge on any atom is 0.225 e. The van der Waals surface area contributed by atoms with Crippen molar-refractivity contribution in [2.45, 2.75) is 0 Å². The second-order valence-electron chi connectivity index (χ2n) is 5.29. The first-order valence-corrected chi connectivity index (χ1v) is 7.16. The Morgan fingerprint density at radius 3 is 2.10 bits per heavy atom. The first-order valence-electron chi connectivity index (χ1n) is 7.16. The third-order valence-corrected chi connectivity index (χ3v) is 3.85. The quantitative estimate of drug-likeness (QED) is 0.861. The van der Waals surface area contributed by atoms with E-state index in [2.05, 4.69) is 26.8 Å². The van der Waals surface area contributed by atoms with E-state index in [1.165, 1.54) is 0 Å². The molecule has 0 aliphatic carbocycles. The van der Waals surface area contributed by atoms with Crippen LogP contribution in [0.15, 0.2) is 36.7 Å². The zero-order valence-electron chi connectivity index (χ0n) is 12.5. The molecule has 110 valence electrons. The number of anilines is 1. The van der Waals surface area contributed by atoms with Crippen LogP contribution in [0, 0.1) is 0 Å². The summed E-state index contributed by atoms with van der Waals surface area (Å²) in [6.07, 6.45) is 3.78. The minimum atomic E-state index is 0.820. The van der Waals surface area contributed by atoms with E-state index in [1.54, 1.807) is 7.11 Å². The molecule has 0 amide bonds. The molecule has 0 atom stereocenters. The number of benzene rings is 1. The van der Waals surface area contributed by atoms with Gasteiger partial charge in [-0.1, -0.05) is 12.1 Å². The molecular formula is C16H20N4O. The largest absolute Gasteiger partial charge is 0.497 e. The van der Waals surface area contributed by atoms with Crippen molar-refractivity contribution in [1.29, 1.82) is 0 Å². The molecule has 1 aromatic carbocycles. The van der Waals surface area contributed by atoms with Crippen LogP contribution in [0.1, 0.15) is 0 Å². The fourth-order valence-corrected chi connectivity index (χ4v) is 2.42. The molecule has 1 aliphatic heterocycles. The van der Waals surface area contributed by atoms with Crippen LogP contribution in [0.3, 0.4) is 0 Å². The highest BCUT2D eigenvalue weighted by Crippen LogP contribution is 2.22. The van der Waals surface area contributed by atoms with Crippen LogP contribution in [-0.4, -0.2) is 55.2 Å². The Balaban J connectivity index is 1.74. The monoisotopic (exact) mass is 284 g/mol. The van der Waals surface area contributed by atoms with Crippen molar-refractivity contribution in [3.05, 3.63) is 36.7 Å².